The summed E-state index contributed by atoms with van der Waals surface area (Å²) in [4.78, 5) is 36.5. The van der Waals surface area contributed by atoms with Gasteiger partial charge in [-0.1, -0.05) is 0 Å². The van der Waals surface area contributed by atoms with Gasteiger partial charge in [0.05, 0.1) is 5.56 Å². The lowest BCUT2D eigenvalue weighted by molar-refractivity contribution is 0.0679. The Bertz CT molecular complexity index is 1430. The minimum absolute atomic E-state index is 0.471. The Morgan fingerprint density at radius 2 is 0.971 bits per heavy atom. The average molecular weight is 490 g/mol. The molecule has 3 aromatic rings. The zero-order valence-electron chi connectivity index (χ0n) is 16.9. The zero-order chi connectivity index (χ0) is 26.5. The molecule has 182 valence electrons. The van der Waals surface area contributed by atoms with Crippen LogP contribution >= 0.6 is 0 Å². The standard InChI is InChI=1S/C21H14O14/c22-7-1-4(2-8(23)14(7)26)12(24)6-3-5(10(20(32)33)16(28)13(6)25)9-11(21(34)35)17(29)19(31)18(30)15(9)27/h1-3,22-23,25-31H,(H,32,33)(H,34,35). The van der Waals surface area contributed by atoms with Crippen LogP contribution in [0.4, 0.5) is 0 Å². The molecule has 11 N–H and O–H groups in total. The minimum atomic E-state index is -2.05. The Balaban J connectivity index is 2.48. The highest BCUT2D eigenvalue weighted by Gasteiger charge is 2.34. The molecule has 35 heavy (non-hydrogen) atoms. The Labute approximate surface area is 192 Å². The fraction of sp³-hybridized carbons (Fsp3) is 0. The quantitative estimate of drug-likeness (QED) is 0.137. The van der Waals surface area contributed by atoms with Crippen LogP contribution in [-0.2, 0) is 0 Å². The van der Waals surface area contributed by atoms with Crippen molar-refractivity contribution in [1.82, 2.24) is 0 Å². The van der Waals surface area contributed by atoms with Gasteiger partial charge in [-0.15, -0.1) is 0 Å². The number of benzene rings is 3. The van der Waals surface area contributed by atoms with E-state index in [1.807, 2.05) is 0 Å². The van der Waals surface area contributed by atoms with Gasteiger partial charge >= 0.3 is 11.9 Å². The molecule has 0 bridgehead atoms. The van der Waals surface area contributed by atoms with E-state index in [1.54, 1.807) is 0 Å². The molecule has 0 unspecified atom stereocenters. The van der Waals surface area contributed by atoms with E-state index >= 15 is 0 Å². The Kier molecular flexibility index (Phi) is 5.59. The first-order chi connectivity index (χ1) is 16.2. The molecule has 0 aliphatic carbocycles. The van der Waals surface area contributed by atoms with Crippen LogP contribution in [0.3, 0.4) is 0 Å². The van der Waals surface area contributed by atoms with Crippen LogP contribution in [0.25, 0.3) is 11.1 Å². The maximum Gasteiger partial charge on any atom is 0.340 e. The third-order valence-corrected chi connectivity index (χ3v) is 4.94. The second-order valence-electron chi connectivity index (χ2n) is 6.99. The van der Waals surface area contributed by atoms with E-state index in [1.165, 1.54) is 0 Å². The van der Waals surface area contributed by atoms with E-state index in [0.717, 1.165) is 0 Å². The number of phenolic OH excluding ortho intramolecular Hbond substituents is 7. The van der Waals surface area contributed by atoms with Gasteiger partial charge in [0.25, 0.3) is 0 Å². The van der Waals surface area contributed by atoms with E-state index < -0.39 is 103 Å². The molecule has 0 saturated carbocycles. The number of carboxylic acids is 2. The monoisotopic (exact) mass is 490 g/mol. The molecule has 0 spiro atoms. The van der Waals surface area contributed by atoms with Crippen molar-refractivity contribution in [1.29, 1.82) is 0 Å². The summed E-state index contributed by atoms with van der Waals surface area (Å²) in [5, 5.41) is 108. The fourth-order valence-electron chi connectivity index (χ4n) is 3.30. The highest BCUT2D eigenvalue weighted by molar-refractivity contribution is 6.15. The van der Waals surface area contributed by atoms with Crippen molar-refractivity contribution in [2.45, 2.75) is 0 Å². The molecule has 0 amide bonds. The number of aromatic carboxylic acids is 2. The van der Waals surface area contributed by atoms with Crippen LogP contribution in [-0.4, -0.2) is 73.9 Å². The van der Waals surface area contributed by atoms with Gasteiger partial charge in [-0.3, -0.25) is 4.79 Å². The topological polar surface area (TPSA) is 274 Å². The number of phenols is 9. The minimum Gasteiger partial charge on any atom is -0.504 e. The molecule has 0 atom stereocenters. The highest BCUT2D eigenvalue weighted by Crippen LogP contribution is 2.53. The molecule has 14 heteroatoms. The second-order valence-corrected chi connectivity index (χ2v) is 6.99. The predicted molar refractivity (Wildman–Crippen MR) is 111 cm³/mol. The van der Waals surface area contributed by atoms with E-state index in [9.17, 15) is 70.6 Å². The normalized spacial score (nSPS) is 10.7. The van der Waals surface area contributed by atoms with Crippen LogP contribution in [0.2, 0.25) is 0 Å². The number of hydrogen-bond acceptors (Lipinski definition) is 12. The second kappa shape index (κ2) is 8.11. The predicted octanol–water partition coefficient (Wildman–Crippen LogP) is 1.33. The largest absolute Gasteiger partial charge is 0.504 e. The Morgan fingerprint density at radius 3 is 1.46 bits per heavy atom. The van der Waals surface area contributed by atoms with E-state index in [0.29, 0.717) is 18.2 Å². The molecule has 0 heterocycles. The molecule has 3 rings (SSSR count). The third kappa shape index (κ3) is 3.60. The van der Waals surface area contributed by atoms with Gasteiger partial charge in [-0.05, 0) is 18.2 Å². The van der Waals surface area contributed by atoms with Crippen molar-refractivity contribution in [2.24, 2.45) is 0 Å². The van der Waals surface area contributed by atoms with Crippen molar-refractivity contribution in [3.8, 4) is 62.9 Å². The lowest BCUT2D eigenvalue weighted by atomic mass is 9.88. The van der Waals surface area contributed by atoms with Crippen LogP contribution in [0.5, 0.6) is 51.7 Å². The van der Waals surface area contributed by atoms with Crippen molar-refractivity contribution in [3.63, 3.8) is 0 Å². The fourth-order valence-corrected chi connectivity index (χ4v) is 3.30. The highest BCUT2D eigenvalue weighted by atomic mass is 16.4. The molecular formula is C21H14O14. The molecule has 0 aliphatic heterocycles. The summed E-state index contributed by atoms with van der Waals surface area (Å²) < 4.78 is 0. The molecule has 3 aromatic carbocycles. The Hall–Kier alpha value is -5.53. The number of carbonyl (C=O) groups excluding carboxylic acids is 1. The summed E-state index contributed by atoms with van der Waals surface area (Å²) in [7, 11) is 0. The first kappa shape index (κ1) is 24.1. The first-order valence-corrected chi connectivity index (χ1v) is 9.05. The van der Waals surface area contributed by atoms with E-state index in [4.69, 9.17) is 0 Å². The first-order valence-electron chi connectivity index (χ1n) is 9.05. The molecule has 0 aromatic heterocycles. The van der Waals surface area contributed by atoms with Crippen LogP contribution in [0, 0.1) is 0 Å². The van der Waals surface area contributed by atoms with E-state index in [2.05, 4.69) is 0 Å². The number of aromatic hydroxyl groups is 9. The number of carbonyl (C=O) groups is 3. The SMILES string of the molecule is O=C(c1cc(O)c(O)c(O)c1)c1cc(-c2c(O)c(O)c(O)c(O)c2C(=O)O)c(C(=O)O)c(O)c1O. The third-order valence-electron chi connectivity index (χ3n) is 4.94. The van der Waals surface area contributed by atoms with E-state index in [-0.39, 0.29) is 0 Å². The molecule has 0 aliphatic rings. The summed E-state index contributed by atoms with van der Waals surface area (Å²) >= 11 is 0. The lowest BCUT2D eigenvalue weighted by Crippen LogP contribution is -2.09. The summed E-state index contributed by atoms with van der Waals surface area (Å²) in [6.07, 6.45) is 0. The molecule has 14 nitrogen and oxygen atoms in total. The van der Waals surface area contributed by atoms with Crippen LogP contribution < -0.4 is 0 Å². The van der Waals surface area contributed by atoms with Gasteiger partial charge in [0.2, 0.25) is 11.5 Å². The molecule has 0 radical (unpaired) electrons. The summed E-state index contributed by atoms with van der Waals surface area (Å²) in [5.74, 6) is -17.1. The Morgan fingerprint density at radius 1 is 0.514 bits per heavy atom. The zero-order valence-corrected chi connectivity index (χ0v) is 16.9. The number of ketones is 1. The molecule has 0 saturated heterocycles. The van der Waals surface area contributed by atoms with Crippen LogP contribution in [0.1, 0.15) is 36.6 Å². The summed E-state index contributed by atoms with van der Waals surface area (Å²) in [6, 6.07) is 1.74. The van der Waals surface area contributed by atoms with Gasteiger partial charge in [0.15, 0.2) is 46.0 Å². The van der Waals surface area contributed by atoms with Crippen molar-refractivity contribution in [2.75, 3.05) is 0 Å². The van der Waals surface area contributed by atoms with Crippen molar-refractivity contribution < 1.29 is 70.6 Å². The van der Waals surface area contributed by atoms with Gasteiger partial charge in [-0.25, -0.2) is 9.59 Å². The number of carboxylic acid groups (broad SMARTS) is 2. The molecular weight excluding hydrogens is 476 g/mol. The summed E-state index contributed by atoms with van der Waals surface area (Å²) in [6.45, 7) is 0. The van der Waals surface area contributed by atoms with Crippen molar-refractivity contribution >= 4 is 17.7 Å². The molecule has 0 fully saturated rings. The maximum absolute atomic E-state index is 13.0. The van der Waals surface area contributed by atoms with Gasteiger partial charge in [-0.2, -0.15) is 0 Å². The van der Waals surface area contributed by atoms with Gasteiger partial charge in [0, 0.05) is 16.7 Å². The van der Waals surface area contributed by atoms with Crippen molar-refractivity contribution in [3.05, 3.63) is 40.5 Å². The van der Waals surface area contributed by atoms with Gasteiger partial charge in [0.1, 0.15) is 11.1 Å². The number of rotatable bonds is 5. The maximum atomic E-state index is 13.0. The lowest BCUT2D eigenvalue weighted by Gasteiger charge is -2.18. The average Bonchev–Trinajstić information content (AvgIpc) is 2.78. The smallest absolute Gasteiger partial charge is 0.340 e. The van der Waals surface area contributed by atoms with Crippen LogP contribution in [0.15, 0.2) is 18.2 Å². The van der Waals surface area contributed by atoms with Gasteiger partial charge < -0.3 is 56.2 Å². The summed E-state index contributed by atoms with van der Waals surface area (Å²) in [5.41, 5.74) is -6.37. The number of hydrogen-bond donors (Lipinski definition) is 11.